The van der Waals surface area contributed by atoms with Crippen LogP contribution in [0.25, 0.3) is 0 Å². The molecule has 2 unspecified atom stereocenters. The summed E-state index contributed by atoms with van der Waals surface area (Å²) in [6, 6.07) is 5.96. The quantitative estimate of drug-likeness (QED) is 0.867. The van der Waals surface area contributed by atoms with Crippen molar-refractivity contribution in [2.75, 3.05) is 14.2 Å². The van der Waals surface area contributed by atoms with Gasteiger partial charge in [-0.3, -0.25) is 0 Å². The molecule has 0 saturated carbocycles. The van der Waals surface area contributed by atoms with Crippen LogP contribution in [0.15, 0.2) is 24.3 Å². The fraction of sp³-hybridized carbons (Fsp3) is 0.538. The number of halogens is 3. The van der Waals surface area contributed by atoms with E-state index >= 15 is 0 Å². The van der Waals surface area contributed by atoms with Crippen LogP contribution in [-0.4, -0.2) is 32.7 Å². The zero-order valence-corrected chi connectivity index (χ0v) is 11.1. The lowest BCUT2D eigenvalue weighted by Gasteiger charge is -2.22. The van der Waals surface area contributed by atoms with Crippen LogP contribution in [0.2, 0.25) is 0 Å². The van der Waals surface area contributed by atoms with E-state index in [0.29, 0.717) is 6.42 Å². The maximum Gasteiger partial charge on any atom is 0.573 e. The van der Waals surface area contributed by atoms with Crippen LogP contribution in [0.4, 0.5) is 13.2 Å². The van der Waals surface area contributed by atoms with E-state index in [4.69, 9.17) is 4.74 Å². The fourth-order valence-electron chi connectivity index (χ4n) is 1.75. The van der Waals surface area contributed by atoms with Gasteiger partial charge in [-0.1, -0.05) is 12.1 Å². The Morgan fingerprint density at radius 3 is 2.21 bits per heavy atom. The molecule has 0 fully saturated rings. The van der Waals surface area contributed by atoms with Crippen molar-refractivity contribution in [1.82, 2.24) is 5.32 Å². The zero-order chi connectivity index (χ0) is 14.5. The van der Waals surface area contributed by atoms with Crippen molar-refractivity contribution in [3.05, 3.63) is 29.8 Å². The first kappa shape index (κ1) is 15.8. The summed E-state index contributed by atoms with van der Waals surface area (Å²) in [5, 5.41) is 3.12. The first-order valence-corrected chi connectivity index (χ1v) is 5.90. The molecular formula is C13H18F3NO2. The lowest BCUT2D eigenvalue weighted by molar-refractivity contribution is -0.274. The standard InChI is InChI=1S/C13H18F3NO2/c1-9(18-3)12(17-2)8-10-4-6-11(7-5-10)19-13(14,15)16/h4-7,9,12,17H,8H2,1-3H3. The highest BCUT2D eigenvalue weighted by Crippen LogP contribution is 2.23. The van der Waals surface area contributed by atoms with Gasteiger partial charge in [0.05, 0.1) is 6.10 Å². The molecule has 0 saturated heterocycles. The van der Waals surface area contributed by atoms with E-state index in [9.17, 15) is 13.2 Å². The topological polar surface area (TPSA) is 30.5 Å². The Balaban J connectivity index is 2.66. The van der Waals surface area contributed by atoms with Gasteiger partial charge in [0.15, 0.2) is 0 Å². The zero-order valence-electron chi connectivity index (χ0n) is 11.1. The molecule has 19 heavy (non-hydrogen) atoms. The van der Waals surface area contributed by atoms with Gasteiger partial charge >= 0.3 is 6.36 Å². The average molecular weight is 277 g/mol. The van der Waals surface area contributed by atoms with E-state index in [-0.39, 0.29) is 17.9 Å². The van der Waals surface area contributed by atoms with Gasteiger partial charge in [-0.2, -0.15) is 0 Å². The summed E-state index contributed by atoms with van der Waals surface area (Å²) in [6.07, 6.45) is -3.98. The van der Waals surface area contributed by atoms with Crippen LogP contribution in [0.5, 0.6) is 5.75 Å². The summed E-state index contributed by atoms with van der Waals surface area (Å²) in [5.74, 6) is -0.211. The van der Waals surface area contributed by atoms with Crippen molar-refractivity contribution >= 4 is 0 Å². The Morgan fingerprint density at radius 1 is 1.21 bits per heavy atom. The van der Waals surface area contributed by atoms with Gasteiger partial charge in [-0.05, 0) is 38.1 Å². The molecule has 2 atom stereocenters. The van der Waals surface area contributed by atoms with Crippen molar-refractivity contribution in [3.8, 4) is 5.75 Å². The second-order valence-electron chi connectivity index (χ2n) is 4.23. The molecule has 0 heterocycles. The molecule has 6 heteroatoms. The van der Waals surface area contributed by atoms with E-state index in [0.717, 1.165) is 5.56 Å². The maximum atomic E-state index is 12.0. The molecule has 0 spiro atoms. The number of hydrogen-bond acceptors (Lipinski definition) is 3. The number of methoxy groups -OCH3 is 1. The minimum absolute atomic E-state index is 0.0103. The normalized spacial score (nSPS) is 15.1. The van der Waals surface area contributed by atoms with Crippen LogP contribution in [0.3, 0.4) is 0 Å². The number of ether oxygens (including phenoxy) is 2. The third-order valence-electron chi connectivity index (χ3n) is 2.92. The first-order chi connectivity index (χ1) is 8.85. The van der Waals surface area contributed by atoms with Crippen LogP contribution in [-0.2, 0) is 11.2 Å². The van der Waals surface area contributed by atoms with Crippen molar-refractivity contribution in [1.29, 1.82) is 0 Å². The fourth-order valence-corrected chi connectivity index (χ4v) is 1.75. The predicted molar refractivity (Wildman–Crippen MR) is 66.1 cm³/mol. The number of likely N-dealkylation sites (N-methyl/N-ethyl adjacent to an activating group) is 1. The first-order valence-electron chi connectivity index (χ1n) is 5.90. The van der Waals surface area contributed by atoms with Gasteiger partial charge < -0.3 is 14.8 Å². The average Bonchev–Trinajstić information content (AvgIpc) is 2.35. The molecule has 1 aromatic carbocycles. The minimum Gasteiger partial charge on any atom is -0.406 e. The molecule has 108 valence electrons. The number of benzene rings is 1. The summed E-state index contributed by atoms with van der Waals surface area (Å²) in [4.78, 5) is 0. The largest absolute Gasteiger partial charge is 0.573 e. The number of rotatable bonds is 6. The SMILES string of the molecule is CNC(Cc1ccc(OC(F)(F)F)cc1)C(C)OC. The molecule has 1 rings (SSSR count). The van der Waals surface area contributed by atoms with Crippen molar-refractivity contribution < 1.29 is 22.6 Å². The Bertz CT molecular complexity index is 378. The summed E-state index contributed by atoms with van der Waals surface area (Å²) in [7, 11) is 3.44. The number of nitrogens with one attached hydrogen (secondary N) is 1. The van der Waals surface area contributed by atoms with Crippen LogP contribution < -0.4 is 10.1 Å². The Kier molecular flexibility index (Phi) is 5.62. The van der Waals surface area contributed by atoms with Gasteiger partial charge in [-0.15, -0.1) is 13.2 Å². The second-order valence-corrected chi connectivity index (χ2v) is 4.23. The maximum absolute atomic E-state index is 12.0. The molecule has 3 nitrogen and oxygen atoms in total. The van der Waals surface area contributed by atoms with Crippen LogP contribution in [0.1, 0.15) is 12.5 Å². The third-order valence-corrected chi connectivity index (χ3v) is 2.92. The van der Waals surface area contributed by atoms with Crippen LogP contribution >= 0.6 is 0 Å². The van der Waals surface area contributed by atoms with E-state index in [1.807, 2.05) is 14.0 Å². The molecular weight excluding hydrogens is 259 g/mol. The lowest BCUT2D eigenvalue weighted by Crippen LogP contribution is -2.38. The lowest BCUT2D eigenvalue weighted by atomic mass is 10.0. The Hall–Kier alpha value is -1.27. The summed E-state index contributed by atoms with van der Waals surface area (Å²) < 4.78 is 45.1. The molecule has 0 aromatic heterocycles. The molecule has 1 N–H and O–H groups in total. The van der Waals surface area contributed by atoms with Gasteiger partial charge in [0.25, 0.3) is 0 Å². The molecule has 0 radical (unpaired) electrons. The number of alkyl halides is 3. The van der Waals surface area contributed by atoms with Crippen molar-refractivity contribution in [3.63, 3.8) is 0 Å². The smallest absolute Gasteiger partial charge is 0.406 e. The van der Waals surface area contributed by atoms with E-state index < -0.39 is 6.36 Å². The Labute approximate surface area is 110 Å². The highest BCUT2D eigenvalue weighted by molar-refractivity contribution is 5.28. The molecule has 0 aliphatic carbocycles. The predicted octanol–water partition coefficient (Wildman–Crippen LogP) is 2.75. The van der Waals surface area contributed by atoms with Crippen molar-refractivity contribution in [2.45, 2.75) is 31.9 Å². The summed E-state index contributed by atoms with van der Waals surface area (Å²) >= 11 is 0. The van der Waals surface area contributed by atoms with Gasteiger partial charge in [-0.25, -0.2) is 0 Å². The highest BCUT2D eigenvalue weighted by Gasteiger charge is 2.31. The highest BCUT2D eigenvalue weighted by atomic mass is 19.4. The monoisotopic (exact) mass is 277 g/mol. The minimum atomic E-state index is -4.65. The molecule has 0 aliphatic heterocycles. The van der Waals surface area contributed by atoms with Crippen molar-refractivity contribution in [2.24, 2.45) is 0 Å². The summed E-state index contributed by atoms with van der Waals surface area (Å²) in [5.41, 5.74) is 0.915. The van der Waals surface area contributed by atoms with Gasteiger partial charge in [0.1, 0.15) is 5.75 Å². The summed E-state index contributed by atoms with van der Waals surface area (Å²) in [6.45, 7) is 1.93. The molecule has 0 aliphatic rings. The van der Waals surface area contributed by atoms with E-state index in [2.05, 4.69) is 10.1 Å². The molecule has 0 bridgehead atoms. The van der Waals surface area contributed by atoms with E-state index in [1.165, 1.54) is 12.1 Å². The molecule has 0 amide bonds. The third kappa shape index (κ3) is 5.48. The van der Waals surface area contributed by atoms with Crippen LogP contribution in [0, 0.1) is 0 Å². The number of hydrogen-bond donors (Lipinski definition) is 1. The van der Waals surface area contributed by atoms with Gasteiger partial charge in [0.2, 0.25) is 0 Å². The van der Waals surface area contributed by atoms with E-state index in [1.54, 1.807) is 19.2 Å². The second kappa shape index (κ2) is 6.77. The van der Waals surface area contributed by atoms with Gasteiger partial charge in [0, 0.05) is 13.2 Å². The Morgan fingerprint density at radius 2 is 1.79 bits per heavy atom. The molecule has 1 aromatic rings.